The van der Waals surface area contributed by atoms with Crippen LogP contribution in [0.15, 0.2) is 48.5 Å². The summed E-state index contributed by atoms with van der Waals surface area (Å²) in [4.78, 5) is 24.1. The molecule has 3 rings (SSSR count). The minimum atomic E-state index is -4.44. The maximum atomic E-state index is 12.7. The van der Waals surface area contributed by atoms with Gasteiger partial charge in [0.1, 0.15) is 0 Å². The lowest BCUT2D eigenvalue weighted by molar-refractivity contribution is -0.137. The molecule has 0 bridgehead atoms. The van der Waals surface area contributed by atoms with Gasteiger partial charge in [0, 0.05) is 23.0 Å². The second-order valence-electron chi connectivity index (χ2n) is 6.31. The Kier molecular flexibility index (Phi) is 5.34. The highest BCUT2D eigenvalue weighted by Gasteiger charge is 2.30. The molecule has 2 amide bonds. The average molecular weight is 377 g/mol. The molecule has 1 aliphatic rings. The van der Waals surface area contributed by atoms with Crippen molar-refractivity contribution in [1.82, 2.24) is 5.32 Å². The number of carbonyl (C=O) groups is 2. The van der Waals surface area contributed by atoms with Crippen LogP contribution in [0, 0.1) is 0 Å². The van der Waals surface area contributed by atoms with Gasteiger partial charge in [0.2, 0.25) is 5.91 Å². The summed E-state index contributed by atoms with van der Waals surface area (Å²) in [5.41, 5.74) is 0.277. The fourth-order valence-corrected chi connectivity index (χ4v) is 2.43. The number of benzene rings is 2. The van der Waals surface area contributed by atoms with Crippen LogP contribution in [0.2, 0.25) is 0 Å². The third-order valence-corrected chi connectivity index (χ3v) is 3.96. The van der Waals surface area contributed by atoms with Gasteiger partial charge in [-0.3, -0.25) is 9.59 Å². The Morgan fingerprint density at radius 1 is 1.00 bits per heavy atom. The van der Waals surface area contributed by atoms with Gasteiger partial charge < -0.3 is 16.0 Å². The van der Waals surface area contributed by atoms with Crippen molar-refractivity contribution in [2.75, 3.05) is 17.2 Å². The van der Waals surface area contributed by atoms with Crippen LogP contribution in [-0.2, 0) is 11.0 Å². The molecular weight excluding hydrogens is 359 g/mol. The van der Waals surface area contributed by atoms with E-state index in [0.29, 0.717) is 11.3 Å². The van der Waals surface area contributed by atoms with Gasteiger partial charge in [-0.2, -0.15) is 13.2 Å². The van der Waals surface area contributed by atoms with Crippen LogP contribution >= 0.6 is 0 Å². The molecular formula is C19H18F3N3O2. The van der Waals surface area contributed by atoms with Crippen molar-refractivity contribution in [3.63, 3.8) is 0 Å². The van der Waals surface area contributed by atoms with Crippen molar-refractivity contribution in [1.29, 1.82) is 0 Å². The zero-order valence-corrected chi connectivity index (χ0v) is 14.3. The predicted octanol–water partition coefficient (Wildman–Crippen LogP) is 3.65. The monoisotopic (exact) mass is 377 g/mol. The van der Waals surface area contributed by atoms with Crippen LogP contribution in [0.25, 0.3) is 0 Å². The molecule has 2 aromatic rings. The van der Waals surface area contributed by atoms with E-state index >= 15 is 0 Å². The quantitative estimate of drug-likeness (QED) is 0.720. The van der Waals surface area contributed by atoms with Crippen LogP contribution < -0.4 is 16.0 Å². The largest absolute Gasteiger partial charge is 0.416 e. The summed E-state index contributed by atoms with van der Waals surface area (Å²) in [6.45, 7) is -0.209. The van der Waals surface area contributed by atoms with E-state index < -0.39 is 17.6 Å². The normalized spacial score (nSPS) is 13.7. The third-order valence-electron chi connectivity index (χ3n) is 3.96. The van der Waals surface area contributed by atoms with E-state index in [9.17, 15) is 22.8 Å². The number of hydrogen-bond donors (Lipinski definition) is 3. The summed E-state index contributed by atoms with van der Waals surface area (Å²) in [6, 6.07) is 11.3. The molecule has 0 aliphatic heterocycles. The van der Waals surface area contributed by atoms with Crippen molar-refractivity contribution in [2.45, 2.75) is 25.1 Å². The first-order valence-corrected chi connectivity index (χ1v) is 8.43. The third kappa shape index (κ3) is 5.47. The van der Waals surface area contributed by atoms with Crippen LogP contribution in [0.4, 0.5) is 24.5 Å². The number of nitrogens with one attached hydrogen (secondary N) is 3. The number of rotatable bonds is 6. The first kappa shape index (κ1) is 18.8. The first-order chi connectivity index (χ1) is 12.8. The molecule has 8 heteroatoms. The van der Waals surface area contributed by atoms with Crippen molar-refractivity contribution in [3.05, 3.63) is 59.7 Å². The topological polar surface area (TPSA) is 70.2 Å². The van der Waals surface area contributed by atoms with Gasteiger partial charge in [-0.1, -0.05) is 12.1 Å². The van der Waals surface area contributed by atoms with Crippen LogP contribution in [-0.4, -0.2) is 24.4 Å². The SMILES string of the molecule is O=C(CNc1cccc(C(F)(F)F)c1)Nc1cccc(C(=O)NC2CC2)c1. The lowest BCUT2D eigenvalue weighted by Crippen LogP contribution is -2.26. The highest BCUT2D eigenvalue weighted by atomic mass is 19.4. The molecule has 5 nitrogen and oxygen atoms in total. The zero-order chi connectivity index (χ0) is 19.4. The van der Waals surface area contributed by atoms with E-state index in [0.717, 1.165) is 25.0 Å². The van der Waals surface area contributed by atoms with Crippen LogP contribution in [0.3, 0.4) is 0 Å². The van der Waals surface area contributed by atoms with Crippen molar-refractivity contribution >= 4 is 23.2 Å². The van der Waals surface area contributed by atoms with Crippen molar-refractivity contribution in [2.24, 2.45) is 0 Å². The molecule has 2 aromatic carbocycles. The van der Waals surface area contributed by atoms with Gasteiger partial charge in [0.05, 0.1) is 12.1 Å². The Bertz CT molecular complexity index is 848. The molecule has 0 spiro atoms. The van der Waals surface area contributed by atoms with Gasteiger partial charge in [-0.25, -0.2) is 0 Å². The molecule has 0 atom stereocenters. The number of alkyl halides is 3. The molecule has 142 valence electrons. The second-order valence-corrected chi connectivity index (χ2v) is 6.31. The second kappa shape index (κ2) is 7.69. The summed E-state index contributed by atoms with van der Waals surface area (Å²) >= 11 is 0. The maximum Gasteiger partial charge on any atom is 0.416 e. The molecule has 1 aliphatic carbocycles. The fraction of sp³-hybridized carbons (Fsp3) is 0.263. The highest BCUT2D eigenvalue weighted by Crippen LogP contribution is 2.30. The number of anilines is 2. The summed E-state index contributed by atoms with van der Waals surface area (Å²) in [5.74, 6) is -0.636. The summed E-state index contributed by atoms with van der Waals surface area (Å²) in [7, 11) is 0. The maximum absolute atomic E-state index is 12.7. The van der Waals surface area contributed by atoms with E-state index in [1.54, 1.807) is 24.3 Å². The smallest absolute Gasteiger partial charge is 0.376 e. The van der Waals surface area contributed by atoms with Crippen molar-refractivity contribution < 1.29 is 22.8 Å². The Labute approximate surface area is 154 Å². The fourth-order valence-electron chi connectivity index (χ4n) is 2.43. The standard InChI is InChI=1S/C19H18F3N3O2/c20-19(21,22)13-4-2-5-15(10-13)23-11-17(26)24-16-6-1-3-12(9-16)18(27)25-14-7-8-14/h1-6,9-10,14,23H,7-8,11H2,(H,24,26)(H,25,27). The van der Waals surface area contributed by atoms with E-state index in [-0.39, 0.29) is 24.2 Å². The van der Waals surface area contributed by atoms with Gasteiger partial charge in [0.25, 0.3) is 5.91 Å². The number of hydrogen-bond acceptors (Lipinski definition) is 3. The summed E-state index contributed by atoms with van der Waals surface area (Å²) < 4.78 is 38.1. The Morgan fingerprint density at radius 3 is 2.41 bits per heavy atom. The van der Waals surface area contributed by atoms with E-state index in [1.807, 2.05) is 0 Å². The summed E-state index contributed by atoms with van der Waals surface area (Å²) in [5, 5.41) is 8.13. The Morgan fingerprint density at radius 2 is 1.70 bits per heavy atom. The first-order valence-electron chi connectivity index (χ1n) is 8.43. The Balaban J connectivity index is 1.56. The van der Waals surface area contributed by atoms with Gasteiger partial charge >= 0.3 is 6.18 Å². The lowest BCUT2D eigenvalue weighted by atomic mass is 10.2. The number of halogens is 3. The predicted molar refractivity (Wildman–Crippen MR) is 95.5 cm³/mol. The lowest BCUT2D eigenvalue weighted by Gasteiger charge is -2.11. The van der Waals surface area contributed by atoms with Crippen molar-refractivity contribution in [3.8, 4) is 0 Å². The molecule has 0 heterocycles. The van der Waals surface area contributed by atoms with Gasteiger partial charge in [-0.15, -0.1) is 0 Å². The van der Waals surface area contributed by atoms with E-state index in [1.165, 1.54) is 12.1 Å². The minimum absolute atomic E-state index is 0.192. The number of amides is 2. The molecule has 0 unspecified atom stereocenters. The zero-order valence-electron chi connectivity index (χ0n) is 14.3. The minimum Gasteiger partial charge on any atom is -0.376 e. The van der Waals surface area contributed by atoms with Crippen LogP contribution in [0.5, 0.6) is 0 Å². The molecule has 0 radical (unpaired) electrons. The van der Waals surface area contributed by atoms with Gasteiger partial charge in [-0.05, 0) is 49.2 Å². The average Bonchev–Trinajstić information content (AvgIpc) is 3.44. The molecule has 0 saturated heterocycles. The Hall–Kier alpha value is -3.03. The van der Waals surface area contributed by atoms with Crippen LogP contribution in [0.1, 0.15) is 28.8 Å². The van der Waals surface area contributed by atoms with Gasteiger partial charge in [0.15, 0.2) is 0 Å². The van der Waals surface area contributed by atoms with E-state index in [2.05, 4.69) is 16.0 Å². The summed E-state index contributed by atoms with van der Waals surface area (Å²) in [6.07, 6.45) is -2.49. The highest BCUT2D eigenvalue weighted by molar-refractivity contribution is 5.98. The molecule has 1 saturated carbocycles. The molecule has 0 aromatic heterocycles. The molecule has 27 heavy (non-hydrogen) atoms. The number of carbonyl (C=O) groups excluding carboxylic acids is 2. The van der Waals surface area contributed by atoms with E-state index in [4.69, 9.17) is 0 Å². The molecule has 3 N–H and O–H groups in total. The molecule has 1 fully saturated rings.